The van der Waals surface area contributed by atoms with Crippen molar-refractivity contribution < 1.29 is 4.79 Å². The minimum absolute atomic E-state index is 0.0517. The summed E-state index contributed by atoms with van der Waals surface area (Å²) >= 11 is 1.68. The number of nitrogens with one attached hydrogen (secondary N) is 1. The first-order valence-corrected chi connectivity index (χ1v) is 8.15. The summed E-state index contributed by atoms with van der Waals surface area (Å²) in [6.45, 7) is 4.64. The molecule has 22 heavy (non-hydrogen) atoms. The van der Waals surface area contributed by atoms with Crippen molar-refractivity contribution in [3.8, 4) is 0 Å². The molecule has 1 amide bonds. The fourth-order valence-corrected chi connectivity index (χ4v) is 3.01. The number of thioether (sulfide) groups is 1. The summed E-state index contributed by atoms with van der Waals surface area (Å²) in [7, 11) is 1.86. The Kier molecular flexibility index (Phi) is 5.83. The number of carbonyl (C=O) groups excluding carboxylic acids is 1. The average Bonchev–Trinajstić information content (AvgIpc) is 2.90. The van der Waals surface area contributed by atoms with Crippen LogP contribution in [-0.4, -0.2) is 21.4 Å². The summed E-state index contributed by atoms with van der Waals surface area (Å²) in [6.07, 6.45) is 5.82. The number of benzene rings is 1. The summed E-state index contributed by atoms with van der Waals surface area (Å²) in [5.41, 5.74) is 3.00. The summed E-state index contributed by atoms with van der Waals surface area (Å²) in [4.78, 5) is 13.4. The van der Waals surface area contributed by atoms with Crippen molar-refractivity contribution in [3.63, 3.8) is 0 Å². The topological polar surface area (TPSA) is 46.9 Å². The second kappa shape index (κ2) is 7.84. The molecule has 0 atom stereocenters. The van der Waals surface area contributed by atoms with Crippen LogP contribution in [0.4, 0.5) is 0 Å². The molecule has 0 aliphatic heterocycles. The molecule has 0 aliphatic carbocycles. The highest BCUT2D eigenvalue weighted by molar-refractivity contribution is 7.99. The van der Waals surface area contributed by atoms with Crippen LogP contribution in [0.1, 0.15) is 29.8 Å². The van der Waals surface area contributed by atoms with Crippen molar-refractivity contribution in [1.29, 1.82) is 0 Å². The minimum atomic E-state index is -0.0517. The first kappa shape index (κ1) is 16.4. The van der Waals surface area contributed by atoms with Gasteiger partial charge in [-0.15, -0.1) is 11.8 Å². The van der Waals surface area contributed by atoms with Crippen molar-refractivity contribution in [1.82, 2.24) is 15.1 Å². The van der Waals surface area contributed by atoms with Gasteiger partial charge in [-0.2, -0.15) is 5.10 Å². The zero-order chi connectivity index (χ0) is 15.9. The number of amides is 1. The monoisotopic (exact) mass is 315 g/mol. The average molecular weight is 315 g/mol. The lowest BCUT2D eigenvalue weighted by Gasteiger charge is -2.08. The maximum absolute atomic E-state index is 12.4. The van der Waals surface area contributed by atoms with Gasteiger partial charge >= 0.3 is 0 Å². The van der Waals surface area contributed by atoms with Gasteiger partial charge in [0.2, 0.25) is 0 Å². The fraction of sp³-hybridized carbons (Fsp3) is 0.294. The maximum Gasteiger partial charge on any atom is 0.252 e. The largest absolute Gasteiger partial charge is 0.348 e. The lowest BCUT2D eigenvalue weighted by atomic mass is 10.2. The van der Waals surface area contributed by atoms with Crippen LogP contribution >= 0.6 is 11.8 Å². The van der Waals surface area contributed by atoms with Gasteiger partial charge < -0.3 is 5.32 Å². The molecule has 4 nitrogen and oxygen atoms in total. The lowest BCUT2D eigenvalue weighted by molar-refractivity contribution is 0.0948. The minimum Gasteiger partial charge on any atom is -0.348 e. The van der Waals surface area contributed by atoms with E-state index in [1.54, 1.807) is 22.6 Å². The van der Waals surface area contributed by atoms with Gasteiger partial charge in [0, 0.05) is 36.0 Å². The number of allylic oxidation sites excluding steroid dienone is 1. The van der Waals surface area contributed by atoms with Gasteiger partial charge in [-0.3, -0.25) is 9.48 Å². The van der Waals surface area contributed by atoms with Gasteiger partial charge in [0.15, 0.2) is 0 Å². The molecule has 116 valence electrons. The molecular weight excluding hydrogens is 294 g/mol. The van der Waals surface area contributed by atoms with E-state index in [9.17, 15) is 4.79 Å². The van der Waals surface area contributed by atoms with Crippen LogP contribution in [0.2, 0.25) is 0 Å². The summed E-state index contributed by atoms with van der Waals surface area (Å²) in [5.74, 6) is 0.819. The molecule has 1 aromatic heterocycles. The van der Waals surface area contributed by atoms with Crippen molar-refractivity contribution in [2.75, 3.05) is 5.75 Å². The van der Waals surface area contributed by atoms with Crippen molar-refractivity contribution >= 4 is 17.7 Å². The van der Waals surface area contributed by atoms with Crippen LogP contribution in [0.25, 0.3) is 0 Å². The van der Waals surface area contributed by atoms with Gasteiger partial charge in [-0.05, 0) is 26.0 Å². The van der Waals surface area contributed by atoms with E-state index < -0.39 is 0 Å². The van der Waals surface area contributed by atoms with Crippen molar-refractivity contribution in [2.45, 2.75) is 25.3 Å². The second-order valence-electron chi connectivity index (χ2n) is 5.29. The molecule has 0 spiro atoms. The van der Waals surface area contributed by atoms with Gasteiger partial charge in [0.1, 0.15) is 0 Å². The molecule has 0 fully saturated rings. The molecule has 1 N–H and O–H groups in total. The van der Waals surface area contributed by atoms with E-state index in [0.717, 1.165) is 21.8 Å². The predicted molar refractivity (Wildman–Crippen MR) is 91.0 cm³/mol. The fourth-order valence-electron chi connectivity index (χ4n) is 1.92. The molecule has 2 rings (SSSR count). The quantitative estimate of drug-likeness (QED) is 0.656. The zero-order valence-electron chi connectivity index (χ0n) is 13.2. The zero-order valence-corrected chi connectivity index (χ0v) is 14.0. The van der Waals surface area contributed by atoms with E-state index in [1.165, 1.54) is 5.57 Å². The van der Waals surface area contributed by atoms with E-state index in [-0.39, 0.29) is 5.91 Å². The van der Waals surface area contributed by atoms with Gasteiger partial charge in [-0.25, -0.2) is 0 Å². The van der Waals surface area contributed by atoms with Crippen LogP contribution in [-0.2, 0) is 13.6 Å². The Labute approximate surface area is 135 Å². The van der Waals surface area contributed by atoms with Crippen LogP contribution in [0, 0.1) is 0 Å². The highest BCUT2D eigenvalue weighted by atomic mass is 32.2. The van der Waals surface area contributed by atoms with E-state index in [4.69, 9.17) is 0 Å². The van der Waals surface area contributed by atoms with E-state index in [2.05, 4.69) is 30.3 Å². The number of hydrogen-bond donors (Lipinski definition) is 1. The summed E-state index contributed by atoms with van der Waals surface area (Å²) in [6, 6.07) is 7.71. The predicted octanol–water partition coefficient (Wildman–Crippen LogP) is 3.41. The van der Waals surface area contributed by atoms with E-state index >= 15 is 0 Å². The number of hydrogen-bond acceptors (Lipinski definition) is 3. The molecule has 5 heteroatoms. The molecule has 0 unspecified atom stereocenters. The molecular formula is C17H21N3OS. The SMILES string of the molecule is CC(C)=CCSc1ccccc1C(=O)NCc1cnn(C)c1. The standard InChI is InChI=1S/C17H21N3OS/c1-13(2)8-9-22-16-7-5-4-6-15(16)17(21)18-10-14-11-19-20(3)12-14/h4-8,11-12H,9-10H2,1-3H3,(H,18,21). The normalized spacial score (nSPS) is 10.3. The highest BCUT2D eigenvalue weighted by Crippen LogP contribution is 2.23. The molecule has 2 aromatic rings. The van der Waals surface area contributed by atoms with Crippen LogP contribution in [0.5, 0.6) is 0 Å². The summed E-state index contributed by atoms with van der Waals surface area (Å²) in [5, 5.41) is 7.04. The molecule has 0 saturated carbocycles. The first-order valence-electron chi connectivity index (χ1n) is 7.17. The maximum atomic E-state index is 12.4. The number of rotatable bonds is 6. The second-order valence-corrected chi connectivity index (χ2v) is 6.36. The Morgan fingerprint density at radius 3 is 2.82 bits per heavy atom. The van der Waals surface area contributed by atoms with Crippen molar-refractivity contribution in [3.05, 3.63) is 59.4 Å². The van der Waals surface area contributed by atoms with Crippen LogP contribution in [0.3, 0.4) is 0 Å². The van der Waals surface area contributed by atoms with Crippen LogP contribution < -0.4 is 5.32 Å². The molecule has 0 saturated heterocycles. The molecule has 1 heterocycles. The van der Waals surface area contributed by atoms with Gasteiger partial charge in [-0.1, -0.05) is 23.8 Å². The smallest absolute Gasteiger partial charge is 0.252 e. The van der Waals surface area contributed by atoms with Gasteiger partial charge in [0.25, 0.3) is 5.91 Å². The third kappa shape index (κ3) is 4.77. The Bertz CT molecular complexity index is 672. The number of aryl methyl sites for hydroxylation is 1. The Balaban J connectivity index is 2.01. The Hall–Kier alpha value is -2.01. The first-order chi connectivity index (χ1) is 10.6. The number of carbonyl (C=O) groups is 1. The molecule has 1 aromatic carbocycles. The van der Waals surface area contributed by atoms with Crippen molar-refractivity contribution in [2.24, 2.45) is 7.05 Å². The van der Waals surface area contributed by atoms with E-state index in [1.807, 2.05) is 37.5 Å². The van der Waals surface area contributed by atoms with Gasteiger partial charge in [0.05, 0.1) is 11.8 Å². The third-order valence-electron chi connectivity index (χ3n) is 3.07. The Morgan fingerprint density at radius 2 is 2.14 bits per heavy atom. The van der Waals surface area contributed by atoms with E-state index in [0.29, 0.717) is 6.54 Å². The number of aromatic nitrogens is 2. The molecule has 0 radical (unpaired) electrons. The highest BCUT2D eigenvalue weighted by Gasteiger charge is 2.11. The number of nitrogens with zero attached hydrogens (tertiary/aromatic N) is 2. The third-order valence-corrected chi connectivity index (χ3v) is 4.07. The molecule has 0 bridgehead atoms. The summed E-state index contributed by atoms with van der Waals surface area (Å²) < 4.78 is 1.73. The molecule has 0 aliphatic rings. The lowest BCUT2D eigenvalue weighted by Crippen LogP contribution is -2.23. The van der Waals surface area contributed by atoms with Crippen LogP contribution in [0.15, 0.2) is 53.2 Å². The Morgan fingerprint density at radius 1 is 1.36 bits per heavy atom.